The topological polar surface area (TPSA) is 69.6 Å². The van der Waals surface area contributed by atoms with Gasteiger partial charge >= 0.3 is 0 Å². The van der Waals surface area contributed by atoms with Crippen molar-refractivity contribution in [2.45, 2.75) is 32.1 Å². The monoisotopic (exact) mass is 243 g/mol. The fourth-order valence-corrected chi connectivity index (χ4v) is 2.45. The van der Waals surface area contributed by atoms with Gasteiger partial charge < -0.3 is 5.73 Å². The number of aromatic nitrogens is 4. The highest BCUT2D eigenvalue weighted by Gasteiger charge is 2.16. The van der Waals surface area contributed by atoms with Crippen molar-refractivity contribution in [3.8, 4) is 11.5 Å². The molecule has 3 rings (SSSR count). The predicted molar refractivity (Wildman–Crippen MR) is 69.9 cm³/mol. The minimum Gasteiger partial charge on any atom is -0.383 e. The van der Waals surface area contributed by atoms with Crippen molar-refractivity contribution < 1.29 is 0 Å². The summed E-state index contributed by atoms with van der Waals surface area (Å²) in [6.07, 6.45) is 7.51. The van der Waals surface area contributed by atoms with Crippen LogP contribution < -0.4 is 5.73 Å². The van der Waals surface area contributed by atoms with E-state index in [1.807, 2.05) is 19.3 Å². The molecule has 0 spiro atoms. The van der Waals surface area contributed by atoms with E-state index in [4.69, 9.17) is 5.73 Å². The zero-order valence-electron chi connectivity index (χ0n) is 10.6. The number of nitrogen functional groups attached to an aromatic ring is 1. The maximum atomic E-state index is 6.07. The maximum absolute atomic E-state index is 6.07. The van der Waals surface area contributed by atoms with Gasteiger partial charge in [-0.05, 0) is 31.7 Å². The van der Waals surface area contributed by atoms with Gasteiger partial charge in [-0.2, -0.15) is 5.10 Å². The second kappa shape index (κ2) is 4.40. The molecule has 94 valence electrons. The summed E-state index contributed by atoms with van der Waals surface area (Å²) in [5.41, 5.74) is 9.12. The number of aryl methyl sites for hydroxylation is 2. The average Bonchev–Trinajstić information content (AvgIpc) is 2.63. The molecular formula is C13H17N5. The molecule has 0 saturated carbocycles. The zero-order valence-corrected chi connectivity index (χ0v) is 10.6. The van der Waals surface area contributed by atoms with Gasteiger partial charge in [0.25, 0.3) is 0 Å². The largest absolute Gasteiger partial charge is 0.383 e. The van der Waals surface area contributed by atoms with E-state index in [-0.39, 0.29) is 0 Å². The molecule has 0 atom stereocenters. The van der Waals surface area contributed by atoms with Crippen molar-refractivity contribution in [2.75, 3.05) is 5.73 Å². The highest BCUT2D eigenvalue weighted by molar-refractivity contribution is 5.54. The summed E-state index contributed by atoms with van der Waals surface area (Å²) in [7, 11) is 1.89. The Morgan fingerprint density at radius 3 is 2.78 bits per heavy atom. The first-order valence-electron chi connectivity index (χ1n) is 6.39. The van der Waals surface area contributed by atoms with E-state index in [1.165, 1.54) is 19.3 Å². The second-order valence-corrected chi connectivity index (χ2v) is 4.79. The van der Waals surface area contributed by atoms with Crippen LogP contribution in [0, 0.1) is 0 Å². The van der Waals surface area contributed by atoms with Gasteiger partial charge in [0.2, 0.25) is 0 Å². The minimum atomic E-state index is 0.627. The van der Waals surface area contributed by atoms with Crippen molar-refractivity contribution in [3.63, 3.8) is 0 Å². The molecule has 0 saturated heterocycles. The summed E-state index contributed by atoms with van der Waals surface area (Å²) >= 11 is 0. The molecule has 5 nitrogen and oxygen atoms in total. The molecule has 2 aromatic rings. The normalized spacial score (nSPS) is 15.2. The lowest BCUT2D eigenvalue weighted by Crippen LogP contribution is -2.06. The SMILES string of the molecule is Cn1ccc(-c2nc(N)c3c(n2)CCCCC3)n1. The predicted octanol–water partition coefficient (Wildman–Crippen LogP) is 1.73. The highest BCUT2D eigenvalue weighted by Crippen LogP contribution is 2.25. The Bertz CT molecular complexity index is 573. The lowest BCUT2D eigenvalue weighted by atomic mass is 10.1. The van der Waals surface area contributed by atoms with Crippen molar-refractivity contribution in [2.24, 2.45) is 7.05 Å². The molecule has 1 aliphatic carbocycles. The van der Waals surface area contributed by atoms with Crippen LogP contribution in [0.4, 0.5) is 5.82 Å². The molecule has 0 amide bonds. The van der Waals surface area contributed by atoms with Crippen molar-refractivity contribution in [3.05, 3.63) is 23.5 Å². The van der Waals surface area contributed by atoms with Gasteiger partial charge in [0.05, 0.1) is 0 Å². The molecule has 18 heavy (non-hydrogen) atoms. The van der Waals surface area contributed by atoms with Crippen LogP contribution in [0.15, 0.2) is 12.3 Å². The first-order chi connectivity index (χ1) is 8.74. The molecule has 0 radical (unpaired) electrons. The molecule has 2 N–H and O–H groups in total. The Morgan fingerprint density at radius 1 is 1.17 bits per heavy atom. The molecule has 0 unspecified atom stereocenters. The molecule has 1 aliphatic rings. The molecule has 0 bridgehead atoms. The van der Waals surface area contributed by atoms with Crippen LogP contribution in [0.3, 0.4) is 0 Å². The molecular weight excluding hydrogens is 226 g/mol. The van der Waals surface area contributed by atoms with Crippen molar-refractivity contribution in [1.29, 1.82) is 0 Å². The fraction of sp³-hybridized carbons (Fsp3) is 0.462. The van der Waals surface area contributed by atoms with Gasteiger partial charge in [0.1, 0.15) is 11.5 Å². The summed E-state index contributed by atoms with van der Waals surface area (Å²) in [6, 6.07) is 1.91. The third-order valence-electron chi connectivity index (χ3n) is 3.41. The molecule has 0 aromatic carbocycles. The van der Waals surface area contributed by atoms with Gasteiger partial charge in [0.15, 0.2) is 5.82 Å². The third-order valence-corrected chi connectivity index (χ3v) is 3.41. The van der Waals surface area contributed by atoms with Gasteiger partial charge in [-0.1, -0.05) is 6.42 Å². The Balaban J connectivity index is 2.07. The van der Waals surface area contributed by atoms with Crippen LogP contribution in [0.25, 0.3) is 11.5 Å². The van der Waals surface area contributed by atoms with E-state index >= 15 is 0 Å². The zero-order chi connectivity index (χ0) is 12.5. The number of hydrogen-bond donors (Lipinski definition) is 1. The number of fused-ring (bicyclic) bond motifs is 1. The third kappa shape index (κ3) is 1.96. The van der Waals surface area contributed by atoms with Gasteiger partial charge in [-0.15, -0.1) is 0 Å². The fourth-order valence-electron chi connectivity index (χ4n) is 2.45. The lowest BCUT2D eigenvalue weighted by molar-refractivity contribution is 0.709. The van der Waals surface area contributed by atoms with Crippen LogP contribution >= 0.6 is 0 Å². The molecule has 5 heteroatoms. The summed E-state index contributed by atoms with van der Waals surface area (Å²) in [4.78, 5) is 9.05. The molecule has 0 aliphatic heterocycles. The van der Waals surface area contributed by atoms with E-state index in [2.05, 4.69) is 15.1 Å². The maximum Gasteiger partial charge on any atom is 0.182 e. The smallest absolute Gasteiger partial charge is 0.182 e. The summed E-state index contributed by atoms with van der Waals surface area (Å²) in [5.74, 6) is 1.27. The quantitative estimate of drug-likeness (QED) is 0.774. The van der Waals surface area contributed by atoms with Gasteiger partial charge in [-0.25, -0.2) is 9.97 Å². The Kier molecular flexibility index (Phi) is 2.74. The summed E-state index contributed by atoms with van der Waals surface area (Å²) in [6.45, 7) is 0. The van der Waals surface area contributed by atoms with Gasteiger partial charge in [-0.3, -0.25) is 4.68 Å². The first kappa shape index (κ1) is 11.2. The Labute approximate surface area is 106 Å². The van der Waals surface area contributed by atoms with Crippen LogP contribution in [-0.4, -0.2) is 19.7 Å². The summed E-state index contributed by atoms with van der Waals surface area (Å²) in [5, 5.41) is 4.33. The Hall–Kier alpha value is -1.91. The number of rotatable bonds is 1. The summed E-state index contributed by atoms with van der Waals surface area (Å²) < 4.78 is 1.75. The van der Waals surface area contributed by atoms with E-state index in [9.17, 15) is 0 Å². The van der Waals surface area contributed by atoms with E-state index in [1.54, 1.807) is 4.68 Å². The number of hydrogen-bond acceptors (Lipinski definition) is 4. The minimum absolute atomic E-state index is 0.627. The van der Waals surface area contributed by atoms with Crippen LogP contribution in [0.2, 0.25) is 0 Å². The molecule has 0 fully saturated rings. The van der Waals surface area contributed by atoms with Crippen LogP contribution in [0.1, 0.15) is 30.5 Å². The van der Waals surface area contributed by atoms with Crippen LogP contribution in [0.5, 0.6) is 0 Å². The average molecular weight is 243 g/mol. The highest BCUT2D eigenvalue weighted by atomic mass is 15.3. The standard InChI is InChI=1S/C13H17N5/c1-18-8-7-11(17-18)13-15-10-6-4-2-3-5-9(10)12(14)16-13/h7-8H,2-6H2,1H3,(H2,14,15,16). The van der Waals surface area contributed by atoms with Gasteiger partial charge in [0, 0.05) is 24.5 Å². The number of nitrogens with two attached hydrogens (primary N) is 1. The first-order valence-corrected chi connectivity index (χ1v) is 6.39. The number of anilines is 1. The molecule has 2 aromatic heterocycles. The second-order valence-electron chi connectivity index (χ2n) is 4.79. The van der Waals surface area contributed by atoms with Crippen molar-refractivity contribution >= 4 is 5.82 Å². The van der Waals surface area contributed by atoms with E-state index < -0.39 is 0 Å². The Morgan fingerprint density at radius 2 is 2.00 bits per heavy atom. The van der Waals surface area contributed by atoms with Crippen molar-refractivity contribution in [1.82, 2.24) is 19.7 Å². The van der Waals surface area contributed by atoms with E-state index in [0.717, 1.165) is 29.8 Å². The molecule has 2 heterocycles. The van der Waals surface area contributed by atoms with Crippen LogP contribution in [-0.2, 0) is 19.9 Å². The number of nitrogens with zero attached hydrogens (tertiary/aromatic N) is 4. The lowest BCUT2D eigenvalue weighted by Gasteiger charge is -2.09. The van der Waals surface area contributed by atoms with E-state index in [0.29, 0.717) is 11.6 Å².